The SMILES string of the molecule is COc1ccc(CNC(=O)CN2CCN(C(C)=O)CC2)cc1. The predicted molar refractivity (Wildman–Crippen MR) is 83.5 cm³/mol. The Morgan fingerprint density at radius 2 is 1.77 bits per heavy atom. The lowest BCUT2D eigenvalue weighted by Gasteiger charge is -2.33. The Hall–Kier alpha value is -2.08. The number of carbonyl (C=O) groups excluding carboxylic acids is 2. The van der Waals surface area contributed by atoms with Gasteiger partial charge in [-0.25, -0.2) is 0 Å². The van der Waals surface area contributed by atoms with Crippen LogP contribution in [0.1, 0.15) is 12.5 Å². The number of rotatable bonds is 5. The van der Waals surface area contributed by atoms with Gasteiger partial charge in [-0.3, -0.25) is 14.5 Å². The van der Waals surface area contributed by atoms with Crippen molar-refractivity contribution in [1.82, 2.24) is 15.1 Å². The van der Waals surface area contributed by atoms with Gasteiger partial charge in [-0.05, 0) is 17.7 Å². The molecule has 0 radical (unpaired) electrons. The first-order valence-corrected chi connectivity index (χ1v) is 7.46. The average Bonchev–Trinajstić information content (AvgIpc) is 2.54. The summed E-state index contributed by atoms with van der Waals surface area (Å²) in [7, 11) is 1.63. The van der Waals surface area contributed by atoms with E-state index < -0.39 is 0 Å². The zero-order chi connectivity index (χ0) is 15.9. The summed E-state index contributed by atoms with van der Waals surface area (Å²) in [6, 6.07) is 7.63. The summed E-state index contributed by atoms with van der Waals surface area (Å²) in [6.45, 7) is 5.35. The molecule has 6 nitrogen and oxygen atoms in total. The number of hydrogen-bond acceptors (Lipinski definition) is 4. The van der Waals surface area contributed by atoms with E-state index in [4.69, 9.17) is 4.74 Å². The molecule has 0 bridgehead atoms. The summed E-state index contributed by atoms with van der Waals surface area (Å²) in [5, 5.41) is 2.92. The molecule has 1 aromatic rings. The average molecular weight is 305 g/mol. The van der Waals surface area contributed by atoms with Crippen LogP contribution >= 0.6 is 0 Å². The van der Waals surface area contributed by atoms with Crippen molar-refractivity contribution < 1.29 is 14.3 Å². The highest BCUT2D eigenvalue weighted by atomic mass is 16.5. The maximum Gasteiger partial charge on any atom is 0.234 e. The molecule has 22 heavy (non-hydrogen) atoms. The Balaban J connectivity index is 1.70. The van der Waals surface area contributed by atoms with Crippen molar-refractivity contribution in [2.75, 3.05) is 39.8 Å². The van der Waals surface area contributed by atoms with Crippen LogP contribution in [0.2, 0.25) is 0 Å². The molecule has 1 aliphatic heterocycles. The van der Waals surface area contributed by atoms with E-state index >= 15 is 0 Å². The molecule has 1 fully saturated rings. The van der Waals surface area contributed by atoms with Gasteiger partial charge in [-0.15, -0.1) is 0 Å². The van der Waals surface area contributed by atoms with Gasteiger partial charge in [0.2, 0.25) is 11.8 Å². The molecular formula is C16H23N3O3. The van der Waals surface area contributed by atoms with Crippen molar-refractivity contribution in [3.8, 4) is 5.75 Å². The zero-order valence-corrected chi connectivity index (χ0v) is 13.2. The molecule has 0 spiro atoms. The van der Waals surface area contributed by atoms with E-state index in [1.807, 2.05) is 29.2 Å². The number of amides is 2. The molecule has 6 heteroatoms. The van der Waals surface area contributed by atoms with Crippen LogP contribution in [0.15, 0.2) is 24.3 Å². The minimum Gasteiger partial charge on any atom is -0.497 e. The fraction of sp³-hybridized carbons (Fsp3) is 0.500. The smallest absolute Gasteiger partial charge is 0.234 e. The summed E-state index contributed by atoms with van der Waals surface area (Å²) >= 11 is 0. The van der Waals surface area contributed by atoms with Crippen molar-refractivity contribution in [1.29, 1.82) is 0 Å². The monoisotopic (exact) mass is 305 g/mol. The van der Waals surface area contributed by atoms with Gasteiger partial charge in [0.1, 0.15) is 5.75 Å². The minimum absolute atomic E-state index is 0.00657. The lowest BCUT2D eigenvalue weighted by atomic mass is 10.2. The predicted octanol–water partition coefficient (Wildman–Crippen LogP) is 0.476. The van der Waals surface area contributed by atoms with Gasteiger partial charge in [-0.2, -0.15) is 0 Å². The van der Waals surface area contributed by atoms with Gasteiger partial charge in [0.05, 0.1) is 13.7 Å². The molecular weight excluding hydrogens is 282 g/mol. The largest absolute Gasteiger partial charge is 0.497 e. The third-order valence-electron chi connectivity index (χ3n) is 3.83. The van der Waals surface area contributed by atoms with E-state index in [2.05, 4.69) is 10.2 Å². The highest BCUT2D eigenvalue weighted by molar-refractivity contribution is 5.78. The molecule has 1 aliphatic rings. The van der Waals surface area contributed by atoms with Crippen LogP contribution in [0.3, 0.4) is 0 Å². The molecule has 0 atom stereocenters. The van der Waals surface area contributed by atoms with Crippen molar-refractivity contribution in [2.24, 2.45) is 0 Å². The standard InChI is InChI=1S/C16H23N3O3/c1-13(20)19-9-7-18(8-10-19)12-16(21)17-11-14-3-5-15(22-2)6-4-14/h3-6H,7-12H2,1-2H3,(H,17,21). The highest BCUT2D eigenvalue weighted by Gasteiger charge is 2.19. The maximum atomic E-state index is 12.0. The number of ether oxygens (including phenoxy) is 1. The molecule has 2 amide bonds. The quantitative estimate of drug-likeness (QED) is 0.859. The molecule has 0 aromatic heterocycles. The van der Waals surface area contributed by atoms with Gasteiger partial charge in [0, 0.05) is 39.6 Å². The summed E-state index contributed by atoms with van der Waals surface area (Å²) in [5.74, 6) is 0.911. The maximum absolute atomic E-state index is 12.0. The van der Waals surface area contributed by atoms with Crippen molar-refractivity contribution in [2.45, 2.75) is 13.5 Å². The van der Waals surface area contributed by atoms with Crippen LogP contribution in [-0.2, 0) is 16.1 Å². The molecule has 0 unspecified atom stereocenters. The summed E-state index contributed by atoms with van der Waals surface area (Å²) < 4.78 is 5.10. The third-order valence-corrected chi connectivity index (χ3v) is 3.83. The van der Waals surface area contributed by atoms with Crippen molar-refractivity contribution in [3.05, 3.63) is 29.8 Å². The minimum atomic E-state index is 0.00657. The van der Waals surface area contributed by atoms with Crippen LogP contribution in [0.25, 0.3) is 0 Å². The summed E-state index contributed by atoms with van der Waals surface area (Å²) in [5.41, 5.74) is 1.04. The lowest BCUT2D eigenvalue weighted by Crippen LogP contribution is -2.50. The third kappa shape index (κ3) is 4.73. The van der Waals surface area contributed by atoms with Gasteiger partial charge >= 0.3 is 0 Å². The van der Waals surface area contributed by atoms with E-state index in [1.165, 1.54) is 0 Å². The Morgan fingerprint density at radius 3 is 2.32 bits per heavy atom. The first kappa shape index (κ1) is 16.3. The number of piperazine rings is 1. The van der Waals surface area contributed by atoms with Crippen LogP contribution in [0.4, 0.5) is 0 Å². The summed E-state index contributed by atoms with van der Waals surface area (Å²) in [6.07, 6.45) is 0. The van der Waals surface area contributed by atoms with Gasteiger partial charge < -0.3 is 15.0 Å². The molecule has 1 saturated heterocycles. The molecule has 2 rings (SSSR count). The Morgan fingerprint density at radius 1 is 1.14 bits per heavy atom. The van der Waals surface area contributed by atoms with E-state index in [1.54, 1.807) is 14.0 Å². The van der Waals surface area contributed by atoms with Crippen LogP contribution in [0.5, 0.6) is 5.75 Å². The molecule has 1 N–H and O–H groups in total. The highest BCUT2D eigenvalue weighted by Crippen LogP contribution is 2.10. The Kier molecular flexibility index (Phi) is 5.77. The number of carbonyl (C=O) groups is 2. The normalized spacial score (nSPS) is 15.5. The van der Waals surface area contributed by atoms with Crippen LogP contribution in [0, 0.1) is 0 Å². The first-order chi connectivity index (χ1) is 10.6. The molecule has 0 saturated carbocycles. The van der Waals surface area contributed by atoms with Gasteiger partial charge in [0.15, 0.2) is 0 Å². The molecule has 0 aliphatic carbocycles. The van der Waals surface area contributed by atoms with E-state index in [9.17, 15) is 9.59 Å². The van der Waals surface area contributed by atoms with E-state index in [0.29, 0.717) is 26.2 Å². The number of methoxy groups -OCH3 is 1. The molecule has 120 valence electrons. The second-order valence-electron chi connectivity index (χ2n) is 5.41. The fourth-order valence-electron chi connectivity index (χ4n) is 2.42. The topological polar surface area (TPSA) is 61.9 Å². The lowest BCUT2D eigenvalue weighted by molar-refractivity contribution is -0.131. The van der Waals surface area contributed by atoms with E-state index in [-0.39, 0.29) is 11.8 Å². The molecule has 1 heterocycles. The number of nitrogens with zero attached hydrogens (tertiary/aromatic N) is 2. The van der Waals surface area contributed by atoms with Crippen LogP contribution < -0.4 is 10.1 Å². The summed E-state index contributed by atoms with van der Waals surface area (Å²) in [4.78, 5) is 27.1. The number of hydrogen-bond donors (Lipinski definition) is 1. The second-order valence-corrected chi connectivity index (χ2v) is 5.41. The molecule has 1 aromatic carbocycles. The zero-order valence-electron chi connectivity index (χ0n) is 13.2. The Bertz CT molecular complexity index is 508. The first-order valence-electron chi connectivity index (χ1n) is 7.46. The number of nitrogens with one attached hydrogen (secondary N) is 1. The van der Waals surface area contributed by atoms with Gasteiger partial charge in [-0.1, -0.05) is 12.1 Å². The second kappa shape index (κ2) is 7.79. The van der Waals surface area contributed by atoms with Crippen LogP contribution in [-0.4, -0.2) is 61.4 Å². The van der Waals surface area contributed by atoms with Crippen molar-refractivity contribution in [3.63, 3.8) is 0 Å². The van der Waals surface area contributed by atoms with Gasteiger partial charge in [0.25, 0.3) is 0 Å². The van der Waals surface area contributed by atoms with E-state index in [0.717, 1.165) is 24.4 Å². The number of benzene rings is 1. The fourth-order valence-corrected chi connectivity index (χ4v) is 2.42. The van der Waals surface area contributed by atoms with Crippen molar-refractivity contribution >= 4 is 11.8 Å². The Labute approximate surface area is 131 Å².